The molecule has 1 aromatic carbocycles. The normalized spacial score (nSPS) is 12.1. The van der Waals surface area contributed by atoms with Crippen LogP contribution in [0.5, 0.6) is 5.75 Å². The van der Waals surface area contributed by atoms with Crippen molar-refractivity contribution in [2.75, 3.05) is 0 Å². The van der Waals surface area contributed by atoms with Gasteiger partial charge in [0.05, 0.1) is 6.10 Å². The van der Waals surface area contributed by atoms with E-state index >= 15 is 0 Å². The molecule has 3 heteroatoms. The molecule has 0 bridgehead atoms. The number of aliphatic hydroxyl groups excluding tert-OH is 1. The summed E-state index contributed by atoms with van der Waals surface area (Å²) in [7, 11) is 0. The number of ether oxygens (including phenoxy) is 1. The van der Waals surface area contributed by atoms with Crippen LogP contribution in [-0.2, 0) is 6.61 Å². The van der Waals surface area contributed by atoms with Gasteiger partial charge in [-0.15, -0.1) is 0 Å². The third-order valence-corrected chi connectivity index (χ3v) is 3.48. The van der Waals surface area contributed by atoms with Crippen LogP contribution in [0.4, 0.5) is 0 Å². The maximum atomic E-state index is 10.2. The summed E-state index contributed by atoms with van der Waals surface area (Å²) in [5.74, 6) is 0.791. The van der Waals surface area contributed by atoms with Crippen LogP contribution in [-0.4, -0.2) is 10.1 Å². The summed E-state index contributed by atoms with van der Waals surface area (Å²) in [6.45, 7) is 2.68. The van der Waals surface area contributed by atoms with Gasteiger partial charge in [-0.25, -0.2) is 0 Å². The second kappa shape index (κ2) is 8.42. The second-order valence-electron chi connectivity index (χ2n) is 5.23. The highest BCUT2D eigenvalue weighted by Gasteiger charge is 2.08. The minimum atomic E-state index is -0.402. The molecule has 1 aromatic heterocycles. The van der Waals surface area contributed by atoms with Crippen molar-refractivity contribution in [3.63, 3.8) is 0 Å². The first-order valence-corrected chi connectivity index (χ1v) is 7.59. The van der Waals surface area contributed by atoms with Crippen LogP contribution >= 0.6 is 0 Å². The van der Waals surface area contributed by atoms with Gasteiger partial charge in [0, 0.05) is 12.4 Å². The Morgan fingerprint density at radius 3 is 2.71 bits per heavy atom. The van der Waals surface area contributed by atoms with Gasteiger partial charge in [0.2, 0.25) is 0 Å². The molecule has 0 saturated heterocycles. The molecule has 1 atom stereocenters. The fourth-order valence-electron chi connectivity index (χ4n) is 2.21. The van der Waals surface area contributed by atoms with Gasteiger partial charge in [0.25, 0.3) is 0 Å². The molecule has 0 spiro atoms. The molecule has 0 fully saturated rings. The van der Waals surface area contributed by atoms with Gasteiger partial charge in [-0.1, -0.05) is 38.3 Å². The van der Waals surface area contributed by atoms with Crippen LogP contribution in [0.2, 0.25) is 0 Å². The maximum absolute atomic E-state index is 10.2. The van der Waals surface area contributed by atoms with Crippen molar-refractivity contribution in [2.45, 2.75) is 45.3 Å². The van der Waals surface area contributed by atoms with Crippen LogP contribution < -0.4 is 4.74 Å². The first-order chi connectivity index (χ1) is 10.3. The molecule has 0 unspecified atom stereocenters. The summed E-state index contributed by atoms with van der Waals surface area (Å²) in [6.07, 6.45) is 7.30. The number of aromatic nitrogens is 1. The summed E-state index contributed by atoms with van der Waals surface area (Å²) < 4.78 is 5.77. The molecule has 3 nitrogen and oxygen atoms in total. The Kier molecular flexibility index (Phi) is 6.22. The highest BCUT2D eigenvalue weighted by atomic mass is 16.5. The van der Waals surface area contributed by atoms with Gasteiger partial charge in [0.15, 0.2) is 0 Å². The number of rotatable bonds is 8. The number of pyridine rings is 1. The third kappa shape index (κ3) is 5.20. The number of nitrogens with zero attached hydrogens (tertiary/aromatic N) is 1. The summed E-state index contributed by atoms with van der Waals surface area (Å²) >= 11 is 0. The van der Waals surface area contributed by atoms with E-state index in [0.717, 1.165) is 36.1 Å². The van der Waals surface area contributed by atoms with Crippen LogP contribution in [0.3, 0.4) is 0 Å². The number of hydrogen-bond acceptors (Lipinski definition) is 3. The molecular weight excluding hydrogens is 262 g/mol. The highest BCUT2D eigenvalue weighted by Crippen LogP contribution is 2.24. The average Bonchev–Trinajstić information content (AvgIpc) is 2.54. The Bertz CT molecular complexity index is 528. The molecule has 0 aliphatic rings. The summed E-state index contributed by atoms with van der Waals surface area (Å²) in [6, 6.07) is 11.6. The smallest absolute Gasteiger partial charge is 0.120 e. The summed E-state index contributed by atoms with van der Waals surface area (Å²) in [4.78, 5) is 3.98. The van der Waals surface area contributed by atoms with E-state index in [4.69, 9.17) is 4.74 Å². The molecule has 112 valence electrons. The van der Waals surface area contributed by atoms with E-state index in [2.05, 4.69) is 11.9 Å². The van der Waals surface area contributed by atoms with E-state index in [0.29, 0.717) is 6.61 Å². The average molecular weight is 285 g/mol. The quantitative estimate of drug-likeness (QED) is 0.736. The highest BCUT2D eigenvalue weighted by molar-refractivity contribution is 5.30. The topological polar surface area (TPSA) is 42.4 Å². The molecule has 1 heterocycles. The van der Waals surface area contributed by atoms with Gasteiger partial charge < -0.3 is 9.84 Å². The zero-order valence-electron chi connectivity index (χ0n) is 12.5. The SMILES string of the molecule is CCCCC[C@@H](O)c1cccc(OCc2ccncc2)c1. The Labute approximate surface area is 126 Å². The van der Waals surface area contributed by atoms with Gasteiger partial charge in [-0.3, -0.25) is 4.98 Å². The van der Waals surface area contributed by atoms with Crippen LogP contribution in [0.15, 0.2) is 48.8 Å². The Balaban J connectivity index is 1.91. The lowest BCUT2D eigenvalue weighted by molar-refractivity contribution is 0.163. The predicted octanol–water partition coefficient (Wildman–Crippen LogP) is 4.27. The van der Waals surface area contributed by atoms with Gasteiger partial charge in [0.1, 0.15) is 12.4 Å². The molecule has 2 rings (SSSR count). The molecule has 1 N–H and O–H groups in total. The zero-order chi connectivity index (χ0) is 14.9. The number of benzene rings is 1. The van der Waals surface area contributed by atoms with E-state index in [1.165, 1.54) is 6.42 Å². The molecule has 0 aliphatic carbocycles. The summed E-state index contributed by atoms with van der Waals surface area (Å²) in [5, 5.41) is 10.2. The first-order valence-electron chi connectivity index (χ1n) is 7.59. The molecule has 2 aromatic rings. The van der Waals surface area contributed by atoms with Crippen LogP contribution in [0.1, 0.15) is 49.8 Å². The van der Waals surface area contributed by atoms with Crippen LogP contribution in [0.25, 0.3) is 0 Å². The molecular formula is C18H23NO2. The minimum absolute atomic E-state index is 0.402. The Morgan fingerprint density at radius 1 is 1.14 bits per heavy atom. The molecule has 0 saturated carbocycles. The fraction of sp³-hybridized carbons (Fsp3) is 0.389. The van der Waals surface area contributed by atoms with Crippen LogP contribution in [0, 0.1) is 0 Å². The first kappa shape index (κ1) is 15.5. The molecule has 0 amide bonds. The monoisotopic (exact) mass is 285 g/mol. The van der Waals surface area contributed by atoms with Gasteiger partial charge >= 0.3 is 0 Å². The van der Waals surface area contributed by atoms with E-state index in [9.17, 15) is 5.11 Å². The standard InChI is InChI=1S/C18H23NO2/c1-2-3-4-8-18(20)16-6-5-7-17(13-16)21-14-15-9-11-19-12-10-15/h5-7,9-13,18,20H,2-4,8,14H2,1H3/t18-/m1/s1. The maximum Gasteiger partial charge on any atom is 0.120 e. The Morgan fingerprint density at radius 2 is 1.95 bits per heavy atom. The number of aliphatic hydroxyl groups is 1. The number of hydrogen-bond donors (Lipinski definition) is 1. The largest absolute Gasteiger partial charge is 0.489 e. The van der Waals surface area contributed by atoms with Crippen molar-refractivity contribution in [1.29, 1.82) is 0 Å². The van der Waals surface area contributed by atoms with E-state index in [1.54, 1.807) is 12.4 Å². The lowest BCUT2D eigenvalue weighted by Crippen LogP contribution is -2.00. The Hall–Kier alpha value is -1.87. The third-order valence-electron chi connectivity index (χ3n) is 3.48. The lowest BCUT2D eigenvalue weighted by Gasteiger charge is -2.13. The molecule has 0 aliphatic heterocycles. The van der Waals surface area contributed by atoms with Crippen molar-refractivity contribution in [1.82, 2.24) is 4.98 Å². The van der Waals surface area contributed by atoms with Crippen molar-refractivity contribution in [3.8, 4) is 5.75 Å². The van der Waals surface area contributed by atoms with E-state index in [1.807, 2.05) is 36.4 Å². The van der Waals surface area contributed by atoms with Crippen molar-refractivity contribution < 1.29 is 9.84 Å². The van der Waals surface area contributed by atoms with E-state index < -0.39 is 6.10 Å². The lowest BCUT2D eigenvalue weighted by atomic mass is 10.0. The number of unbranched alkanes of at least 4 members (excludes halogenated alkanes) is 2. The summed E-state index contributed by atoms with van der Waals surface area (Å²) in [5.41, 5.74) is 2.01. The van der Waals surface area contributed by atoms with E-state index in [-0.39, 0.29) is 0 Å². The fourth-order valence-corrected chi connectivity index (χ4v) is 2.21. The zero-order valence-corrected chi connectivity index (χ0v) is 12.5. The van der Waals surface area contributed by atoms with Crippen molar-refractivity contribution >= 4 is 0 Å². The predicted molar refractivity (Wildman–Crippen MR) is 84.1 cm³/mol. The van der Waals surface area contributed by atoms with Gasteiger partial charge in [-0.2, -0.15) is 0 Å². The van der Waals surface area contributed by atoms with Crippen molar-refractivity contribution in [3.05, 3.63) is 59.9 Å². The minimum Gasteiger partial charge on any atom is -0.489 e. The van der Waals surface area contributed by atoms with Gasteiger partial charge in [-0.05, 0) is 41.8 Å². The van der Waals surface area contributed by atoms with Crippen molar-refractivity contribution in [2.24, 2.45) is 0 Å². The second-order valence-corrected chi connectivity index (χ2v) is 5.23. The molecule has 0 radical (unpaired) electrons. The molecule has 21 heavy (non-hydrogen) atoms.